The first kappa shape index (κ1) is 26.4. The maximum atomic E-state index is 12.8. The number of nitrogens with one attached hydrogen (secondary N) is 3. The van der Waals surface area contributed by atoms with E-state index in [-0.39, 0.29) is 28.8 Å². The lowest BCUT2D eigenvalue weighted by Crippen LogP contribution is -2.40. The van der Waals surface area contributed by atoms with Crippen molar-refractivity contribution in [3.63, 3.8) is 0 Å². The molecule has 0 spiro atoms. The number of carbonyl (C=O) groups excluding carboxylic acids is 1. The Hall–Kier alpha value is -3.25. The van der Waals surface area contributed by atoms with Gasteiger partial charge in [0.15, 0.2) is 5.65 Å². The number of sulfonamides is 1. The standard InChI is InChI=1S/C26H36N8O3S/c1-2-34-24-22(16-28-25(32-24)30-21-11-7-6-10-20(21)23(27)35)31-26(34)29-17-12-14-19(15-13-17)38(36,37)33-18-8-4-3-5-9-18/h12-16,18,20-21,33H,2-11H2,1H3,(H2,27,35)(H,29,31)(H,28,30,32)/t20-,21+/m0/s1. The molecule has 2 fully saturated rings. The maximum absolute atomic E-state index is 12.8. The summed E-state index contributed by atoms with van der Waals surface area (Å²) in [5.41, 5.74) is 7.62. The molecule has 2 aromatic heterocycles. The van der Waals surface area contributed by atoms with Crippen molar-refractivity contribution in [1.29, 1.82) is 0 Å². The fourth-order valence-corrected chi connectivity index (χ4v) is 6.85. The Kier molecular flexibility index (Phi) is 7.80. The van der Waals surface area contributed by atoms with Gasteiger partial charge in [0, 0.05) is 24.3 Å². The maximum Gasteiger partial charge on any atom is 0.240 e. The average Bonchev–Trinajstić information content (AvgIpc) is 3.25. The van der Waals surface area contributed by atoms with Gasteiger partial charge in [-0.05, 0) is 56.9 Å². The number of aromatic nitrogens is 4. The zero-order valence-electron chi connectivity index (χ0n) is 21.7. The molecule has 0 unspecified atom stereocenters. The van der Waals surface area contributed by atoms with Crippen molar-refractivity contribution < 1.29 is 13.2 Å². The highest BCUT2D eigenvalue weighted by atomic mass is 32.2. The minimum Gasteiger partial charge on any atom is -0.369 e. The number of benzene rings is 1. The van der Waals surface area contributed by atoms with Gasteiger partial charge >= 0.3 is 0 Å². The van der Waals surface area contributed by atoms with Crippen LogP contribution in [0.15, 0.2) is 35.4 Å². The van der Waals surface area contributed by atoms with Gasteiger partial charge in [-0.3, -0.25) is 9.36 Å². The van der Waals surface area contributed by atoms with E-state index in [4.69, 9.17) is 10.7 Å². The molecule has 5 rings (SSSR count). The van der Waals surface area contributed by atoms with Gasteiger partial charge < -0.3 is 16.4 Å². The number of hydrogen-bond donors (Lipinski definition) is 4. The molecule has 2 heterocycles. The molecule has 2 atom stereocenters. The molecule has 204 valence electrons. The number of carbonyl (C=O) groups is 1. The monoisotopic (exact) mass is 540 g/mol. The summed E-state index contributed by atoms with van der Waals surface area (Å²) in [4.78, 5) is 25.9. The van der Waals surface area contributed by atoms with E-state index in [0.29, 0.717) is 35.3 Å². The summed E-state index contributed by atoms with van der Waals surface area (Å²) >= 11 is 0. The molecule has 11 nitrogen and oxygen atoms in total. The number of nitrogens with zero attached hydrogens (tertiary/aromatic N) is 4. The number of aryl methyl sites for hydroxylation is 1. The Balaban J connectivity index is 1.32. The molecule has 2 saturated carbocycles. The molecule has 2 aliphatic rings. The number of hydrogen-bond acceptors (Lipinski definition) is 8. The Morgan fingerprint density at radius 3 is 2.45 bits per heavy atom. The fourth-order valence-electron chi connectivity index (χ4n) is 5.55. The average molecular weight is 541 g/mol. The van der Waals surface area contributed by atoms with Gasteiger partial charge in [0.25, 0.3) is 0 Å². The van der Waals surface area contributed by atoms with Crippen LogP contribution in [0.4, 0.5) is 17.6 Å². The number of primary amides is 1. The van der Waals surface area contributed by atoms with E-state index >= 15 is 0 Å². The molecular weight excluding hydrogens is 504 g/mol. The summed E-state index contributed by atoms with van der Waals surface area (Å²) in [5, 5.41) is 6.60. The second-order valence-corrected chi connectivity index (χ2v) is 11.9. The van der Waals surface area contributed by atoms with E-state index in [1.165, 1.54) is 6.42 Å². The summed E-state index contributed by atoms with van der Waals surface area (Å²) in [6.45, 7) is 2.61. The third-order valence-electron chi connectivity index (χ3n) is 7.60. The first-order valence-electron chi connectivity index (χ1n) is 13.5. The third-order valence-corrected chi connectivity index (χ3v) is 9.13. The number of amides is 1. The van der Waals surface area contributed by atoms with Crippen molar-refractivity contribution in [3.05, 3.63) is 30.5 Å². The van der Waals surface area contributed by atoms with E-state index in [1.807, 2.05) is 11.5 Å². The smallest absolute Gasteiger partial charge is 0.240 e. The quantitative estimate of drug-likeness (QED) is 0.320. The molecule has 0 aliphatic heterocycles. The van der Waals surface area contributed by atoms with Gasteiger partial charge in [0.05, 0.1) is 17.0 Å². The normalized spacial score (nSPS) is 20.9. The second-order valence-electron chi connectivity index (χ2n) is 10.2. The zero-order valence-corrected chi connectivity index (χ0v) is 22.5. The third kappa shape index (κ3) is 5.75. The summed E-state index contributed by atoms with van der Waals surface area (Å²) in [6.07, 6.45) is 10.4. The highest BCUT2D eigenvalue weighted by Gasteiger charge is 2.30. The van der Waals surface area contributed by atoms with Crippen molar-refractivity contribution in [3.8, 4) is 0 Å². The van der Waals surface area contributed by atoms with Gasteiger partial charge in [-0.25, -0.2) is 23.1 Å². The predicted octanol–water partition coefficient (Wildman–Crippen LogP) is 3.66. The topological polar surface area (TPSA) is 157 Å². The van der Waals surface area contributed by atoms with Crippen LogP contribution in [0.1, 0.15) is 64.7 Å². The van der Waals surface area contributed by atoms with Gasteiger partial charge in [-0.1, -0.05) is 32.1 Å². The number of nitrogens with two attached hydrogens (primary N) is 1. The van der Waals surface area contributed by atoms with Crippen LogP contribution < -0.4 is 21.1 Å². The zero-order chi connectivity index (χ0) is 26.7. The lowest BCUT2D eigenvalue weighted by molar-refractivity contribution is -0.122. The largest absolute Gasteiger partial charge is 0.369 e. The van der Waals surface area contributed by atoms with E-state index in [1.54, 1.807) is 30.5 Å². The molecule has 0 bridgehead atoms. The van der Waals surface area contributed by atoms with Gasteiger partial charge in [0.2, 0.25) is 27.8 Å². The van der Waals surface area contributed by atoms with Crippen LogP contribution in [-0.2, 0) is 21.4 Å². The number of fused-ring (bicyclic) bond motifs is 1. The second kappa shape index (κ2) is 11.2. The van der Waals surface area contributed by atoms with Crippen LogP contribution in [0.25, 0.3) is 11.2 Å². The predicted molar refractivity (Wildman–Crippen MR) is 146 cm³/mol. The van der Waals surface area contributed by atoms with Crippen LogP contribution >= 0.6 is 0 Å². The van der Waals surface area contributed by atoms with Crippen LogP contribution in [0, 0.1) is 5.92 Å². The molecule has 1 amide bonds. The number of rotatable bonds is 9. The number of anilines is 3. The SMILES string of the molecule is CCn1c(Nc2ccc(S(=O)(=O)NC3CCCCC3)cc2)nc2cnc(N[C@@H]3CCCC[C@@H]3C(N)=O)nc21. The van der Waals surface area contributed by atoms with Crippen molar-refractivity contribution in [2.24, 2.45) is 11.7 Å². The molecule has 0 saturated heterocycles. The van der Waals surface area contributed by atoms with Crippen molar-refractivity contribution in [2.75, 3.05) is 10.6 Å². The molecule has 2 aliphatic carbocycles. The Bertz CT molecular complexity index is 1380. The van der Waals surface area contributed by atoms with Crippen LogP contribution in [0.5, 0.6) is 0 Å². The van der Waals surface area contributed by atoms with E-state index in [0.717, 1.165) is 51.4 Å². The first-order valence-corrected chi connectivity index (χ1v) is 15.0. The summed E-state index contributed by atoms with van der Waals surface area (Å²) < 4.78 is 30.4. The van der Waals surface area contributed by atoms with Gasteiger partial charge in [-0.15, -0.1) is 0 Å². The van der Waals surface area contributed by atoms with E-state index in [9.17, 15) is 13.2 Å². The van der Waals surface area contributed by atoms with E-state index < -0.39 is 10.0 Å². The van der Waals surface area contributed by atoms with Crippen molar-refractivity contribution in [1.82, 2.24) is 24.2 Å². The molecular formula is C26H36N8O3S. The molecule has 1 aromatic carbocycles. The molecule has 38 heavy (non-hydrogen) atoms. The van der Waals surface area contributed by atoms with Crippen molar-refractivity contribution >= 4 is 44.7 Å². The highest BCUT2D eigenvalue weighted by Crippen LogP contribution is 2.28. The van der Waals surface area contributed by atoms with Crippen LogP contribution in [0.2, 0.25) is 0 Å². The Morgan fingerprint density at radius 1 is 1.03 bits per heavy atom. The Morgan fingerprint density at radius 2 is 1.74 bits per heavy atom. The lowest BCUT2D eigenvalue weighted by Gasteiger charge is -2.29. The van der Waals surface area contributed by atoms with Gasteiger partial charge in [-0.2, -0.15) is 4.98 Å². The fraction of sp³-hybridized carbons (Fsp3) is 0.538. The van der Waals surface area contributed by atoms with Gasteiger partial charge in [0.1, 0.15) is 5.52 Å². The molecule has 12 heteroatoms. The Labute approximate surface area is 223 Å². The highest BCUT2D eigenvalue weighted by molar-refractivity contribution is 7.89. The first-order chi connectivity index (χ1) is 18.3. The summed E-state index contributed by atoms with van der Waals surface area (Å²) in [6, 6.07) is 6.61. The summed E-state index contributed by atoms with van der Waals surface area (Å²) in [7, 11) is -3.56. The molecule has 3 aromatic rings. The minimum atomic E-state index is -3.56. The number of imidazole rings is 1. The molecule has 5 N–H and O–H groups in total. The minimum absolute atomic E-state index is 0.0105. The van der Waals surface area contributed by atoms with E-state index in [2.05, 4.69) is 25.3 Å². The van der Waals surface area contributed by atoms with Crippen LogP contribution in [-0.4, -0.2) is 45.9 Å². The summed E-state index contributed by atoms with van der Waals surface area (Å²) in [5.74, 6) is 0.493. The van der Waals surface area contributed by atoms with Crippen molar-refractivity contribution in [2.45, 2.75) is 88.2 Å². The lowest BCUT2D eigenvalue weighted by atomic mass is 9.84. The van der Waals surface area contributed by atoms with Crippen LogP contribution in [0.3, 0.4) is 0 Å². The molecule has 0 radical (unpaired) electrons.